The minimum atomic E-state index is -0.994. The molecule has 2 heterocycles. The SMILES string of the molecule is C[C@H](c1ccc(-c2cn(C)nc2C(=O)O)cc1)N1CCCCC1. The number of aromatic carboxylic acids is 1. The molecular formula is C18H23N3O2. The van der Waals surface area contributed by atoms with Gasteiger partial charge in [0.05, 0.1) is 0 Å². The zero-order chi connectivity index (χ0) is 16.4. The first-order chi connectivity index (χ1) is 11.1. The zero-order valence-electron chi connectivity index (χ0n) is 13.7. The van der Waals surface area contributed by atoms with E-state index in [1.54, 1.807) is 17.9 Å². The van der Waals surface area contributed by atoms with Crippen molar-refractivity contribution in [2.75, 3.05) is 13.1 Å². The minimum absolute atomic E-state index is 0.101. The normalized spacial score (nSPS) is 17.1. The predicted octanol–water partition coefficient (Wildman–Crippen LogP) is 3.33. The van der Waals surface area contributed by atoms with Crippen LogP contribution in [0.4, 0.5) is 0 Å². The van der Waals surface area contributed by atoms with E-state index >= 15 is 0 Å². The number of likely N-dealkylation sites (tertiary alicyclic amines) is 1. The number of hydrogen-bond acceptors (Lipinski definition) is 3. The van der Waals surface area contributed by atoms with Gasteiger partial charge in [-0.2, -0.15) is 5.10 Å². The Hall–Kier alpha value is -2.14. The summed E-state index contributed by atoms with van der Waals surface area (Å²) in [6, 6.07) is 8.61. The van der Waals surface area contributed by atoms with Crippen LogP contribution >= 0.6 is 0 Å². The smallest absolute Gasteiger partial charge is 0.357 e. The number of aromatic nitrogens is 2. The van der Waals surface area contributed by atoms with Gasteiger partial charge in [0.2, 0.25) is 0 Å². The molecular weight excluding hydrogens is 290 g/mol. The van der Waals surface area contributed by atoms with Crippen molar-refractivity contribution >= 4 is 5.97 Å². The van der Waals surface area contributed by atoms with Crippen LogP contribution in [0.3, 0.4) is 0 Å². The highest BCUT2D eigenvalue weighted by atomic mass is 16.4. The van der Waals surface area contributed by atoms with Crippen LogP contribution in [0.15, 0.2) is 30.5 Å². The Bertz CT molecular complexity index is 685. The fourth-order valence-corrected chi connectivity index (χ4v) is 3.32. The van der Waals surface area contributed by atoms with Crippen molar-refractivity contribution in [3.05, 3.63) is 41.7 Å². The number of carboxylic acids is 1. The van der Waals surface area contributed by atoms with Crippen LogP contribution in [-0.4, -0.2) is 38.8 Å². The lowest BCUT2D eigenvalue weighted by atomic mass is 9.99. The van der Waals surface area contributed by atoms with Gasteiger partial charge in [-0.05, 0) is 44.0 Å². The third kappa shape index (κ3) is 3.29. The van der Waals surface area contributed by atoms with Gasteiger partial charge in [0, 0.05) is 24.8 Å². The molecule has 0 aliphatic carbocycles. The molecule has 1 atom stereocenters. The highest BCUT2D eigenvalue weighted by Gasteiger charge is 2.19. The maximum absolute atomic E-state index is 11.3. The highest BCUT2D eigenvalue weighted by molar-refractivity contribution is 5.93. The van der Waals surface area contributed by atoms with Gasteiger partial charge in [0.25, 0.3) is 0 Å². The maximum Gasteiger partial charge on any atom is 0.357 e. The third-order valence-corrected chi connectivity index (χ3v) is 4.67. The molecule has 2 aromatic rings. The Kier molecular flexibility index (Phi) is 4.48. The van der Waals surface area contributed by atoms with Gasteiger partial charge in [0.15, 0.2) is 5.69 Å². The fourth-order valence-electron chi connectivity index (χ4n) is 3.32. The molecule has 0 spiro atoms. The largest absolute Gasteiger partial charge is 0.476 e. The van der Waals surface area contributed by atoms with E-state index in [-0.39, 0.29) is 5.69 Å². The van der Waals surface area contributed by atoms with E-state index < -0.39 is 5.97 Å². The minimum Gasteiger partial charge on any atom is -0.476 e. The Labute approximate surface area is 136 Å². The fraction of sp³-hybridized carbons (Fsp3) is 0.444. The van der Waals surface area contributed by atoms with Crippen LogP contribution in [0.2, 0.25) is 0 Å². The molecule has 1 aromatic carbocycles. The maximum atomic E-state index is 11.3. The summed E-state index contributed by atoms with van der Waals surface area (Å²) in [4.78, 5) is 13.8. The van der Waals surface area contributed by atoms with Crippen LogP contribution in [0.5, 0.6) is 0 Å². The molecule has 122 valence electrons. The number of carbonyl (C=O) groups is 1. The van der Waals surface area contributed by atoms with Gasteiger partial charge >= 0.3 is 5.97 Å². The van der Waals surface area contributed by atoms with Gasteiger partial charge in [-0.25, -0.2) is 4.79 Å². The van der Waals surface area contributed by atoms with E-state index in [2.05, 4.69) is 29.1 Å². The van der Waals surface area contributed by atoms with E-state index in [0.29, 0.717) is 11.6 Å². The van der Waals surface area contributed by atoms with Crippen molar-refractivity contribution in [1.29, 1.82) is 0 Å². The van der Waals surface area contributed by atoms with Crippen molar-refractivity contribution < 1.29 is 9.90 Å². The van der Waals surface area contributed by atoms with E-state index in [0.717, 1.165) is 18.7 Å². The summed E-state index contributed by atoms with van der Waals surface area (Å²) in [7, 11) is 1.74. The first kappa shape index (κ1) is 15.7. The van der Waals surface area contributed by atoms with Gasteiger partial charge in [0.1, 0.15) is 0 Å². The van der Waals surface area contributed by atoms with Crippen LogP contribution in [0, 0.1) is 0 Å². The van der Waals surface area contributed by atoms with Gasteiger partial charge in [-0.15, -0.1) is 0 Å². The molecule has 0 bridgehead atoms. The Morgan fingerprint density at radius 2 is 1.83 bits per heavy atom. The van der Waals surface area contributed by atoms with Crippen LogP contribution in [0.25, 0.3) is 11.1 Å². The van der Waals surface area contributed by atoms with Crippen molar-refractivity contribution in [3.8, 4) is 11.1 Å². The number of nitrogens with zero attached hydrogens (tertiary/aromatic N) is 3. The molecule has 0 saturated carbocycles. The van der Waals surface area contributed by atoms with Crippen LogP contribution < -0.4 is 0 Å². The van der Waals surface area contributed by atoms with Gasteiger partial charge in [-0.1, -0.05) is 30.7 Å². The van der Waals surface area contributed by atoms with Gasteiger partial charge < -0.3 is 5.11 Å². The number of hydrogen-bond donors (Lipinski definition) is 1. The molecule has 0 unspecified atom stereocenters. The number of carboxylic acid groups (broad SMARTS) is 1. The van der Waals surface area contributed by atoms with Crippen molar-refractivity contribution in [2.24, 2.45) is 7.05 Å². The van der Waals surface area contributed by atoms with Gasteiger partial charge in [-0.3, -0.25) is 9.58 Å². The molecule has 0 amide bonds. The Morgan fingerprint density at radius 1 is 1.17 bits per heavy atom. The summed E-state index contributed by atoms with van der Waals surface area (Å²) >= 11 is 0. The van der Waals surface area contributed by atoms with Crippen molar-refractivity contribution in [2.45, 2.75) is 32.2 Å². The quantitative estimate of drug-likeness (QED) is 0.940. The zero-order valence-corrected chi connectivity index (χ0v) is 13.7. The summed E-state index contributed by atoms with van der Waals surface area (Å²) in [6.07, 6.45) is 5.65. The second-order valence-corrected chi connectivity index (χ2v) is 6.26. The number of piperidine rings is 1. The molecule has 1 aromatic heterocycles. The first-order valence-electron chi connectivity index (χ1n) is 8.17. The molecule has 5 nitrogen and oxygen atoms in total. The highest BCUT2D eigenvalue weighted by Crippen LogP contribution is 2.28. The monoisotopic (exact) mass is 313 g/mol. The predicted molar refractivity (Wildman–Crippen MR) is 89.4 cm³/mol. The lowest BCUT2D eigenvalue weighted by Crippen LogP contribution is -2.32. The molecule has 0 radical (unpaired) electrons. The van der Waals surface area contributed by atoms with E-state index in [1.165, 1.54) is 24.8 Å². The summed E-state index contributed by atoms with van der Waals surface area (Å²) in [5.74, 6) is -0.994. The van der Waals surface area contributed by atoms with E-state index in [9.17, 15) is 9.90 Å². The first-order valence-corrected chi connectivity index (χ1v) is 8.17. The molecule has 23 heavy (non-hydrogen) atoms. The lowest BCUT2D eigenvalue weighted by molar-refractivity contribution is 0.0690. The van der Waals surface area contributed by atoms with E-state index in [4.69, 9.17) is 0 Å². The molecule has 1 aliphatic heterocycles. The molecule has 1 aliphatic rings. The topological polar surface area (TPSA) is 58.4 Å². The lowest BCUT2D eigenvalue weighted by Gasteiger charge is -2.32. The van der Waals surface area contributed by atoms with Crippen LogP contribution in [0.1, 0.15) is 48.3 Å². The van der Waals surface area contributed by atoms with Crippen molar-refractivity contribution in [1.82, 2.24) is 14.7 Å². The summed E-state index contributed by atoms with van der Waals surface area (Å²) < 4.78 is 1.54. The number of rotatable bonds is 4. The summed E-state index contributed by atoms with van der Waals surface area (Å²) in [5.41, 5.74) is 2.93. The Balaban J connectivity index is 1.83. The van der Waals surface area contributed by atoms with Crippen LogP contribution in [-0.2, 0) is 7.05 Å². The number of benzene rings is 1. The molecule has 1 N–H and O–H groups in total. The van der Waals surface area contributed by atoms with E-state index in [1.807, 2.05) is 12.1 Å². The Morgan fingerprint density at radius 3 is 2.43 bits per heavy atom. The molecule has 3 rings (SSSR count). The third-order valence-electron chi connectivity index (χ3n) is 4.67. The second kappa shape index (κ2) is 6.54. The summed E-state index contributed by atoms with van der Waals surface area (Å²) in [6.45, 7) is 4.57. The standard InChI is InChI=1S/C18H23N3O2/c1-13(21-10-4-3-5-11-21)14-6-8-15(9-7-14)16-12-20(2)19-17(16)18(22)23/h6-9,12-13H,3-5,10-11H2,1-2H3,(H,22,23)/t13-/m1/s1. The molecule has 5 heteroatoms. The average molecular weight is 313 g/mol. The van der Waals surface area contributed by atoms with Crippen molar-refractivity contribution in [3.63, 3.8) is 0 Å². The number of aryl methyl sites for hydroxylation is 1. The second-order valence-electron chi connectivity index (χ2n) is 6.26. The molecule has 1 fully saturated rings. The molecule has 1 saturated heterocycles. The summed E-state index contributed by atoms with van der Waals surface area (Å²) in [5, 5.41) is 13.3. The average Bonchev–Trinajstić information content (AvgIpc) is 2.97.